The van der Waals surface area contributed by atoms with E-state index in [1.165, 1.54) is 22.9 Å². The number of nitrogens with zero attached hydrogens (tertiary/aromatic N) is 6. The third kappa shape index (κ3) is 4.19. The van der Waals surface area contributed by atoms with Gasteiger partial charge in [0.05, 0.1) is 12.2 Å². The molecule has 126 valence electrons. The highest BCUT2D eigenvalue weighted by atomic mass is 32.2. The highest BCUT2D eigenvalue weighted by Crippen LogP contribution is 2.21. The molecule has 0 radical (unpaired) electrons. The largest absolute Gasteiger partial charge is 0.424 e. The summed E-state index contributed by atoms with van der Waals surface area (Å²) in [6.45, 7) is 7.13. The third-order valence-electron chi connectivity index (χ3n) is 3.47. The molecule has 24 heavy (non-hydrogen) atoms. The molecule has 7 nitrogen and oxygen atoms in total. The number of aromatic nitrogens is 6. The predicted molar refractivity (Wildman–Crippen MR) is 90.5 cm³/mol. The average Bonchev–Trinajstić information content (AvgIpc) is 3.16. The Hall–Kier alpha value is -2.22. The molecule has 0 amide bonds. The van der Waals surface area contributed by atoms with Crippen molar-refractivity contribution in [3.8, 4) is 0 Å². The Kier molecular flexibility index (Phi) is 5.24. The Bertz CT molecular complexity index is 797. The van der Waals surface area contributed by atoms with Crippen LogP contribution in [0.25, 0.3) is 0 Å². The molecule has 0 spiro atoms. The SMILES string of the molecule is Cc1ccccc1Cc1nnc(CSc2nnnn2CC(C)C)o1. The van der Waals surface area contributed by atoms with Crippen LogP contribution in [0.15, 0.2) is 33.8 Å². The molecule has 0 unspecified atom stereocenters. The van der Waals surface area contributed by atoms with E-state index in [4.69, 9.17) is 4.42 Å². The second kappa shape index (κ2) is 7.57. The maximum Gasteiger partial charge on any atom is 0.226 e. The van der Waals surface area contributed by atoms with E-state index in [1.807, 2.05) is 12.1 Å². The van der Waals surface area contributed by atoms with Crippen LogP contribution in [-0.2, 0) is 18.7 Å². The lowest BCUT2D eigenvalue weighted by molar-refractivity contribution is 0.445. The Balaban J connectivity index is 1.61. The topological polar surface area (TPSA) is 82.5 Å². The van der Waals surface area contributed by atoms with Gasteiger partial charge in [-0.1, -0.05) is 49.9 Å². The summed E-state index contributed by atoms with van der Waals surface area (Å²) in [7, 11) is 0. The Morgan fingerprint density at radius 2 is 1.92 bits per heavy atom. The van der Waals surface area contributed by atoms with Crippen molar-refractivity contribution in [2.45, 2.75) is 44.6 Å². The summed E-state index contributed by atoms with van der Waals surface area (Å²) in [5, 5.41) is 20.8. The number of tetrazole rings is 1. The molecule has 0 fully saturated rings. The van der Waals surface area contributed by atoms with Gasteiger partial charge in [-0.25, -0.2) is 4.68 Å². The molecular formula is C16H20N6OS. The second-order valence-electron chi connectivity index (χ2n) is 6.02. The molecule has 3 aromatic rings. The number of hydrogen-bond acceptors (Lipinski definition) is 7. The zero-order valence-electron chi connectivity index (χ0n) is 14.0. The molecule has 0 aliphatic rings. The van der Waals surface area contributed by atoms with Crippen LogP contribution < -0.4 is 0 Å². The molecule has 1 aromatic carbocycles. The van der Waals surface area contributed by atoms with Crippen molar-refractivity contribution < 1.29 is 4.42 Å². The fourth-order valence-electron chi connectivity index (χ4n) is 2.28. The Morgan fingerprint density at radius 1 is 1.12 bits per heavy atom. The van der Waals surface area contributed by atoms with Gasteiger partial charge in [0.15, 0.2) is 0 Å². The lowest BCUT2D eigenvalue weighted by atomic mass is 10.1. The first-order valence-corrected chi connectivity index (χ1v) is 8.85. The first-order valence-electron chi connectivity index (χ1n) is 7.86. The predicted octanol–water partition coefficient (Wildman–Crippen LogP) is 2.90. The van der Waals surface area contributed by atoms with E-state index < -0.39 is 0 Å². The van der Waals surface area contributed by atoms with E-state index in [0.29, 0.717) is 29.9 Å². The van der Waals surface area contributed by atoms with E-state index in [-0.39, 0.29) is 0 Å². The molecule has 3 rings (SSSR count). The quantitative estimate of drug-likeness (QED) is 0.609. The summed E-state index contributed by atoms with van der Waals surface area (Å²) in [6, 6.07) is 8.20. The van der Waals surface area contributed by atoms with Crippen LogP contribution in [0.3, 0.4) is 0 Å². The maximum absolute atomic E-state index is 5.74. The number of benzene rings is 1. The van der Waals surface area contributed by atoms with Crippen molar-refractivity contribution in [3.63, 3.8) is 0 Å². The van der Waals surface area contributed by atoms with E-state index in [1.54, 1.807) is 4.68 Å². The minimum Gasteiger partial charge on any atom is -0.424 e. The first-order chi connectivity index (χ1) is 11.6. The fourth-order valence-corrected chi connectivity index (χ4v) is 3.00. The summed E-state index contributed by atoms with van der Waals surface area (Å²) in [4.78, 5) is 0. The first kappa shape index (κ1) is 16.6. The van der Waals surface area contributed by atoms with Crippen LogP contribution in [0.4, 0.5) is 0 Å². The number of rotatable bonds is 7. The highest BCUT2D eigenvalue weighted by molar-refractivity contribution is 7.98. The minimum atomic E-state index is 0.483. The van der Waals surface area contributed by atoms with Crippen molar-refractivity contribution in [2.24, 2.45) is 5.92 Å². The normalized spacial score (nSPS) is 11.3. The van der Waals surface area contributed by atoms with Gasteiger partial charge in [0.2, 0.25) is 16.9 Å². The zero-order chi connectivity index (χ0) is 16.9. The smallest absolute Gasteiger partial charge is 0.226 e. The second-order valence-corrected chi connectivity index (χ2v) is 6.96. The zero-order valence-corrected chi connectivity index (χ0v) is 14.8. The van der Waals surface area contributed by atoms with E-state index >= 15 is 0 Å². The van der Waals surface area contributed by atoms with E-state index in [2.05, 4.69) is 58.6 Å². The van der Waals surface area contributed by atoms with Crippen molar-refractivity contribution in [3.05, 3.63) is 47.2 Å². The van der Waals surface area contributed by atoms with Crippen molar-refractivity contribution >= 4 is 11.8 Å². The van der Waals surface area contributed by atoms with E-state index in [0.717, 1.165) is 11.7 Å². The van der Waals surface area contributed by atoms with Crippen molar-refractivity contribution in [1.29, 1.82) is 0 Å². The molecule has 0 saturated carbocycles. The van der Waals surface area contributed by atoms with Crippen LogP contribution in [0.5, 0.6) is 0 Å². The molecule has 0 bridgehead atoms. The summed E-state index contributed by atoms with van der Waals surface area (Å²) < 4.78 is 7.55. The van der Waals surface area contributed by atoms with Gasteiger partial charge in [0, 0.05) is 6.54 Å². The molecule has 8 heteroatoms. The Morgan fingerprint density at radius 3 is 2.71 bits per heavy atom. The van der Waals surface area contributed by atoms with Crippen LogP contribution in [0, 0.1) is 12.8 Å². The molecule has 2 aromatic heterocycles. The van der Waals surface area contributed by atoms with Crippen LogP contribution in [-0.4, -0.2) is 30.4 Å². The lowest BCUT2D eigenvalue weighted by Gasteiger charge is -2.05. The molecule has 0 aliphatic heterocycles. The van der Waals surface area contributed by atoms with Gasteiger partial charge in [0.25, 0.3) is 0 Å². The van der Waals surface area contributed by atoms with Crippen LogP contribution in [0.1, 0.15) is 36.8 Å². The summed E-state index contributed by atoms with van der Waals surface area (Å²) in [6.07, 6.45) is 0.648. The summed E-state index contributed by atoms with van der Waals surface area (Å²) >= 11 is 1.50. The van der Waals surface area contributed by atoms with Gasteiger partial charge in [-0.15, -0.1) is 15.3 Å². The lowest BCUT2D eigenvalue weighted by Crippen LogP contribution is -2.07. The van der Waals surface area contributed by atoms with Crippen molar-refractivity contribution in [1.82, 2.24) is 30.4 Å². The number of aryl methyl sites for hydroxylation is 1. The van der Waals surface area contributed by atoms with Gasteiger partial charge in [-0.2, -0.15) is 0 Å². The van der Waals surface area contributed by atoms with Gasteiger partial charge in [0.1, 0.15) is 0 Å². The highest BCUT2D eigenvalue weighted by Gasteiger charge is 2.12. The van der Waals surface area contributed by atoms with Gasteiger partial charge < -0.3 is 4.42 Å². The van der Waals surface area contributed by atoms with Gasteiger partial charge in [-0.05, 0) is 34.4 Å². The molecule has 2 heterocycles. The van der Waals surface area contributed by atoms with E-state index in [9.17, 15) is 0 Å². The average molecular weight is 344 g/mol. The standard InChI is InChI=1S/C16H20N6OS/c1-11(2)9-22-16(19-20-21-22)24-10-15-18-17-14(23-15)8-13-7-5-4-6-12(13)3/h4-7,11H,8-10H2,1-3H3. The molecule has 0 atom stereocenters. The fraction of sp³-hybridized carbons (Fsp3) is 0.438. The van der Waals surface area contributed by atoms with Crippen LogP contribution >= 0.6 is 11.8 Å². The molecule has 0 saturated heterocycles. The van der Waals surface area contributed by atoms with Gasteiger partial charge in [-0.3, -0.25) is 0 Å². The molecular weight excluding hydrogens is 324 g/mol. The maximum atomic E-state index is 5.74. The molecule has 0 aliphatic carbocycles. The summed E-state index contributed by atoms with van der Waals surface area (Å²) in [5.41, 5.74) is 2.42. The van der Waals surface area contributed by atoms with Crippen LogP contribution in [0.2, 0.25) is 0 Å². The summed E-state index contributed by atoms with van der Waals surface area (Å²) in [5.74, 6) is 2.25. The number of thioether (sulfide) groups is 1. The number of hydrogen-bond donors (Lipinski definition) is 0. The third-order valence-corrected chi connectivity index (χ3v) is 4.42. The van der Waals surface area contributed by atoms with Crippen molar-refractivity contribution in [2.75, 3.05) is 0 Å². The molecule has 0 N–H and O–H groups in total. The van der Waals surface area contributed by atoms with Gasteiger partial charge >= 0.3 is 0 Å². The minimum absolute atomic E-state index is 0.483. The Labute approximate surface area is 144 Å². The monoisotopic (exact) mass is 344 g/mol.